The first-order valence-electron chi connectivity index (χ1n) is 7.88. The molecule has 2 fully saturated rings. The summed E-state index contributed by atoms with van der Waals surface area (Å²) in [6.45, 7) is 6.27. The van der Waals surface area contributed by atoms with E-state index >= 15 is 0 Å². The first-order chi connectivity index (χ1) is 10.0. The Morgan fingerprint density at radius 3 is 2.38 bits per heavy atom. The summed E-state index contributed by atoms with van der Waals surface area (Å²) in [4.78, 5) is 16.5. The molecule has 0 aromatic carbocycles. The number of amides is 1. The van der Waals surface area contributed by atoms with Gasteiger partial charge in [0.1, 0.15) is 5.54 Å². The molecule has 0 bridgehead atoms. The van der Waals surface area contributed by atoms with Gasteiger partial charge in [-0.05, 0) is 32.6 Å². The van der Waals surface area contributed by atoms with Crippen molar-refractivity contribution in [1.29, 1.82) is 5.26 Å². The summed E-state index contributed by atoms with van der Waals surface area (Å²) in [5.41, 5.74) is -0.620. The first-order valence-corrected chi connectivity index (χ1v) is 7.88. The molecule has 2 rings (SSSR count). The van der Waals surface area contributed by atoms with Gasteiger partial charge in [0.05, 0.1) is 18.7 Å². The van der Waals surface area contributed by atoms with Crippen molar-refractivity contribution in [2.45, 2.75) is 44.2 Å². The lowest BCUT2D eigenvalue weighted by Crippen LogP contribution is -2.53. The highest BCUT2D eigenvalue weighted by Crippen LogP contribution is 2.28. The van der Waals surface area contributed by atoms with Crippen LogP contribution in [0.25, 0.3) is 0 Å². The second-order valence-corrected chi connectivity index (χ2v) is 6.37. The van der Waals surface area contributed by atoms with Crippen molar-refractivity contribution in [2.24, 2.45) is 0 Å². The molecule has 1 aliphatic heterocycles. The van der Waals surface area contributed by atoms with Gasteiger partial charge in [-0.15, -0.1) is 0 Å². The van der Waals surface area contributed by atoms with Gasteiger partial charge in [0.15, 0.2) is 0 Å². The highest BCUT2D eigenvalue weighted by atomic mass is 16.3. The van der Waals surface area contributed by atoms with Crippen LogP contribution in [0, 0.1) is 11.3 Å². The van der Waals surface area contributed by atoms with Gasteiger partial charge in [0.25, 0.3) is 0 Å². The SMILES string of the molecule is C[C@@H](O)CN1CCN(CC(=O)NC2(C#N)CCCC2)CC1. The standard InChI is InChI=1S/C15H26N4O2/c1-13(20)10-18-6-8-19(9-7-18)11-14(21)17-15(12-16)4-2-3-5-15/h13,20H,2-11H2,1H3,(H,17,21)/t13-/m1/s1. The summed E-state index contributed by atoms with van der Waals surface area (Å²) < 4.78 is 0. The lowest BCUT2D eigenvalue weighted by molar-refractivity contribution is -0.124. The average Bonchev–Trinajstić information content (AvgIpc) is 2.89. The van der Waals surface area contributed by atoms with E-state index in [1.807, 2.05) is 0 Å². The number of piperazine rings is 1. The van der Waals surface area contributed by atoms with E-state index < -0.39 is 5.54 Å². The Kier molecular flexibility index (Phi) is 5.57. The Labute approximate surface area is 126 Å². The zero-order valence-electron chi connectivity index (χ0n) is 12.8. The van der Waals surface area contributed by atoms with Crippen LogP contribution in [0.3, 0.4) is 0 Å². The molecule has 0 radical (unpaired) electrons. The average molecular weight is 294 g/mol. The van der Waals surface area contributed by atoms with Crippen molar-refractivity contribution < 1.29 is 9.90 Å². The Morgan fingerprint density at radius 1 is 1.29 bits per heavy atom. The van der Waals surface area contributed by atoms with Gasteiger partial charge in [-0.1, -0.05) is 0 Å². The monoisotopic (exact) mass is 294 g/mol. The zero-order valence-corrected chi connectivity index (χ0v) is 12.8. The van der Waals surface area contributed by atoms with E-state index in [9.17, 15) is 15.2 Å². The van der Waals surface area contributed by atoms with Crippen molar-refractivity contribution in [1.82, 2.24) is 15.1 Å². The Bertz CT molecular complexity index is 391. The Morgan fingerprint density at radius 2 is 1.86 bits per heavy atom. The molecule has 6 nitrogen and oxygen atoms in total. The molecule has 0 aromatic rings. The van der Waals surface area contributed by atoms with Crippen molar-refractivity contribution in [3.8, 4) is 6.07 Å². The van der Waals surface area contributed by atoms with Gasteiger partial charge in [0.2, 0.25) is 5.91 Å². The lowest BCUT2D eigenvalue weighted by atomic mass is 10.00. The van der Waals surface area contributed by atoms with Crippen LogP contribution >= 0.6 is 0 Å². The van der Waals surface area contributed by atoms with Crippen LogP contribution in [-0.2, 0) is 4.79 Å². The number of aliphatic hydroxyl groups excluding tert-OH is 1. The molecule has 0 spiro atoms. The van der Waals surface area contributed by atoms with Crippen LogP contribution in [0.2, 0.25) is 0 Å². The number of β-amino-alcohol motifs (C(OH)–C–C–N with tert-alkyl or cyclic N) is 1. The number of hydrogen-bond donors (Lipinski definition) is 2. The van der Waals surface area contributed by atoms with Gasteiger partial charge in [-0.3, -0.25) is 14.6 Å². The minimum atomic E-state index is -0.620. The number of hydrogen-bond acceptors (Lipinski definition) is 5. The van der Waals surface area contributed by atoms with Crippen LogP contribution in [-0.4, -0.2) is 71.7 Å². The molecule has 2 aliphatic rings. The van der Waals surface area contributed by atoms with E-state index in [4.69, 9.17) is 0 Å². The maximum Gasteiger partial charge on any atom is 0.235 e. The molecule has 1 atom stereocenters. The quantitative estimate of drug-likeness (QED) is 0.742. The number of nitriles is 1. The van der Waals surface area contributed by atoms with E-state index in [1.165, 1.54) is 0 Å². The minimum Gasteiger partial charge on any atom is -0.392 e. The molecule has 21 heavy (non-hydrogen) atoms. The number of aliphatic hydroxyl groups is 1. The van der Waals surface area contributed by atoms with Gasteiger partial charge in [-0.25, -0.2) is 0 Å². The highest BCUT2D eigenvalue weighted by molar-refractivity contribution is 5.79. The number of nitrogens with zero attached hydrogens (tertiary/aromatic N) is 3. The third-order valence-corrected chi connectivity index (χ3v) is 4.40. The van der Waals surface area contributed by atoms with E-state index in [2.05, 4.69) is 21.2 Å². The third-order valence-electron chi connectivity index (χ3n) is 4.40. The zero-order chi connectivity index (χ0) is 15.3. The molecule has 1 heterocycles. The van der Waals surface area contributed by atoms with E-state index in [1.54, 1.807) is 6.92 Å². The van der Waals surface area contributed by atoms with Crippen molar-refractivity contribution in [3.05, 3.63) is 0 Å². The smallest absolute Gasteiger partial charge is 0.235 e. The summed E-state index contributed by atoms with van der Waals surface area (Å²) in [6, 6.07) is 2.29. The summed E-state index contributed by atoms with van der Waals surface area (Å²) in [6.07, 6.45) is 3.28. The van der Waals surface area contributed by atoms with Crippen molar-refractivity contribution in [2.75, 3.05) is 39.3 Å². The summed E-state index contributed by atoms with van der Waals surface area (Å²) in [5, 5.41) is 21.6. The van der Waals surface area contributed by atoms with Crippen LogP contribution in [0.4, 0.5) is 0 Å². The molecular formula is C15H26N4O2. The predicted octanol–water partition coefficient (Wildman–Crippen LogP) is -0.0626. The molecule has 0 aromatic heterocycles. The fourth-order valence-corrected chi connectivity index (χ4v) is 3.26. The van der Waals surface area contributed by atoms with Crippen LogP contribution in [0.15, 0.2) is 0 Å². The largest absolute Gasteiger partial charge is 0.392 e. The lowest BCUT2D eigenvalue weighted by Gasteiger charge is -2.35. The topological polar surface area (TPSA) is 79.6 Å². The first kappa shape index (κ1) is 16.2. The molecule has 1 saturated carbocycles. The fraction of sp³-hybridized carbons (Fsp3) is 0.867. The molecular weight excluding hydrogens is 268 g/mol. The molecule has 1 amide bonds. The molecule has 6 heteroatoms. The van der Waals surface area contributed by atoms with E-state index in [0.717, 1.165) is 51.9 Å². The van der Waals surface area contributed by atoms with Crippen molar-refractivity contribution in [3.63, 3.8) is 0 Å². The predicted molar refractivity (Wildman–Crippen MR) is 79.5 cm³/mol. The second-order valence-electron chi connectivity index (χ2n) is 6.37. The molecule has 1 aliphatic carbocycles. The van der Waals surface area contributed by atoms with Gasteiger partial charge < -0.3 is 10.4 Å². The van der Waals surface area contributed by atoms with Gasteiger partial charge >= 0.3 is 0 Å². The second kappa shape index (κ2) is 7.21. The number of carbonyl (C=O) groups is 1. The minimum absolute atomic E-state index is 0.0394. The number of carbonyl (C=O) groups excluding carboxylic acids is 1. The third kappa shape index (κ3) is 4.67. The summed E-state index contributed by atoms with van der Waals surface area (Å²) in [7, 11) is 0. The van der Waals surface area contributed by atoms with Crippen molar-refractivity contribution >= 4 is 5.91 Å². The fourth-order valence-electron chi connectivity index (χ4n) is 3.26. The van der Waals surface area contributed by atoms with Crippen LogP contribution in [0.1, 0.15) is 32.6 Å². The maximum absolute atomic E-state index is 12.1. The van der Waals surface area contributed by atoms with Gasteiger partial charge in [-0.2, -0.15) is 5.26 Å². The maximum atomic E-state index is 12.1. The molecule has 0 unspecified atom stereocenters. The van der Waals surface area contributed by atoms with Crippen LogP contribution in [0.5, 0.6) is 0 Å². The Balaban J connectivity index is 1.73. The number of rotatable bonds is 5. The Hall–Kier alpha value is -1.16. The van der Waals surface area contributed by atoms with Gasteiger partial charge in [0, 0.05) is 32.7 Å². The normalized spacial score (nSPS) is 24.4. The molecule has 2 N–H and O–H groups in total. The van der Waals surface area contributed by atoms with E-state index in [0.29, 0.717) is 13.1 Å². The van der Waals surface area contributed by atoms with Crippen LogP contribution < -0.4 is 5.32 Å². The van der Waals surface area contributed by atoms with E-state index in [-0.39, 0.29) is 12.0 Å². The summed E-state index contributed by atoms with van der Waals surface area (Å²) in [5.74, 6) is -0.0394. The molecule has 118 valence electrons. The summed E-state index contributed by atoms with van der Waals surface area (Å²) >= 11 is 0. The highest BCUT2D eigenvalue weighted by Gasteiger charge is 2.35. The number of nitrogens with one attached hydrogen (secondary N) is 1. The molecule has 1 saturated heterocycles.